The molecule has 98 valence electrons. The quantitative estimate of drug-likeness (QED) is 0.831. The van der Waals surface area contributed by atoms with Crippen LogP contribution in [0, 0.1) is 0 Å². The Labute approximate surface area is 107 Å². The average molecular weight is 277 g/mol. The predicted molar refractivity (Wildman–Crippen MR) is 69.9 cm³/mol. The second kappa shape index (κ2) is 5.61. The fourth-order valence-electron chi connectivity index (χ4n) is 2.43. The highest BCUT2D eigenvalue weighted by Crippen LogP contribution is 2.29. The summed E-state index contributed by atoms with van der Waals surface area (Å²) in [6, 6.07) is -0.156. The molecule has 4 nitrogen and oxygen atoms in total. The lowest BCUT2D eigenvalue weighted by Gasteiger charge is -2.12. The fourth-order valence-corrected chi connectivity index (χ4v) is 5.24. The number of rotatable bonds is 4. The van der Waals surface area contributed by atoms with E-state index in [-0.39, 0.29) is 23.5 Å². The summed E-state index contributed by atoms with van der Waals surface area (Å²) in [5.41, 5.74) is 0. The molecular weight excluding hydrogens is 258 g/mol. The van der Waals surface area contributed by atoms with Crippen LogP contribution in [0.3, 0.4) is 0 Å². The Hall–Kier alpha value is -0.230. The maximum Gasteiger partial charge on any atom is 0.230 e. The number of nitrogens with one attached hydrogen (secondary N) is 1. The highest BCUT2D eigenvalue weighted by molar-refractivity contribution is 8.00. The molecular formula is C11H19NO3S2. The molecule has 1 N–H and O–H groups in total. The number of hydrogen-bond acceptors (Lipinski definition) is 4. The zero-order valence-electron chi connectivity index (χ0n) is 9.85. The molecule has 0 aromatic carbocycles. The standard InChI is InChI=1S/C11H19NO3S2/c13-11(7-16-10-3-1-2-4-10)12-9-5-6-17(14,15)8-9/h9-10H,1-8H2,(H,12,13)/t9-/m1/s1. The van der Waals surface area contributed by atoms with Crippen LogP contribution in [0.4, 0.5) is 0 Å². The van der Waals surface area contributed by atoms with E-state index in [1.165, 1.54) is 25.7 Å². The smallest absolute Gasteiger partial charge is 0.230 e. The summed E-state index contributed by atoms with van der Waals surface area (Å²) in [7, 11) is -2.89. The number of thioether (sulfide) groups is 1. The van der Waals surface area contributed by atoms with Crippen molar-refractivity contribution in [3.63, 3.8) is 0 Å². The number of carbonyl (C=O) groups excluding carboxylic acids is 1. The third-order valence-corrected chi connectivity index (χ3v) is 6.49. The van der Waals surface area contributed by atoms with E-state index in [2.05, 4.69) is 5.32 Å². The average Bonchev–Trinajstić information content (AvgIpc) is 2.85. The number of carbonyl (C=O) groups is 1. The van der Waals surface area contributed by atoms with E-state index in [1.807, 2.05) is 0 Å². The lowest BCUT2D eigenvalue weighted by atomic mass is 10.3. The van der Waals surface area contributed by atoms with Gasteiger partial charge in [0.2, 0.25) is 5.91 Å². The zero-order valence-corrected chi connectivity index (χ0v) is 11.5. The number of sulfone groups is 1. The Morgan fingerprint density at radius 1 is 1.24 bits per heavy atom. The summed E-state index contributed by atoms with van der Waals surface area (Å²) in [5, 5.41) is 3.45. The molecule has 1 saturated carbocycles. The second-order valence-electron chi connectivity index (χ2n) is 4.88. The molecule has 0 aromatic heterocycles. The van der Waals surface area contributed by atoms with E-state index < -0.39 is 9.84 Å². The minimum Gasteiger partial charge on any atom is -0.352 e. The van der Waals surface area contributed by atoms with E-state index in [4.69, 9.17) is 0 Å². The van der Waals surface area contributed by atoms with Crippen LogP contribution in [-0.2, 0) is 14.6 Å². The summed E-state index contributed by atoms with van der Waals surface area (Å²) in [6.45, 7) is 0. The SMILES string of the molecule is O=C(CSC1CCCC1)N[C@@H]1CCS(=O)(=O)C1. The van der Waals surface area contributed by atoms with Crippen LogP contribution >= 0.6 is 11.8 Å². The Bertz CT molecular complexity index is 374. The molecule has 2 aliphatic rings. The Morgan fingerprint density at radius 2 is 1.94 bits per heavy atom. The first-order chi connectivity index (χ1) is 8.05. The van der Waals surface area contributed by atoms with Gasteiger partial charge in [0.1, 0.15) is 0 Å². The van der Waals surface area contributed by atoms with Gasteiger partial charge < -0.3 is 5.32 Å². The Balaban J connectivity index is 1.67. The fraction of sp³-hybridized carbons (Fsp3) is 0.909. The molecule has 0 radical (unpaired) electrons. The van der Waals surface area contributed by atoms with Gasteiger partial charge in [0.05, 0.1) is 17.3 Å². The van der Waals surface area contributed by atoms with E-state index in [0.29, 0.717) is 17.4 Å². The molecule has 1 aliphatic heterocycles. The van der Waals surface area contributed by atoms with Crippen molar-refractivity contribution >= 4 is 27.5 Å². The first kappa shape index (κ1) is 13.2. The van der Waals surface area contributed by atoms with Crippen LogP contribution in [0.5, 0.6) is 0 Å². The minimum atomic E-state index is -2.89. The van der Waals surface area contributed by atoms with E-state index >= 15 is 0 Å². The highest BCUT2D eigenvalue weighted by atomic mass is 32.2. The molecule has 6 heteroatoms. The van der Waals surface area contributed by atoms with Crippen LogP contribution in [0.2, 0.25) is 0 Å². The van der Waals surface area contributed by atoms with Gasteiger partial charge in [0.25, 0.3) is 0 Å². The molecule has 1 heterocycles. The summed E-state index contributed by atoms with van der Waals surface area (Å²) in [6.07, 6.45) is 5.56. The van der Waals surface area contributed by atoms with Gasteiger partial charge >= 0.3 is 0 Å². The number of hydrogen-bond donors (Lipinski definition) is 1. The van der Waals surface area contributed by atoms with E-state index in [9.17, 15) is 13.2 Å². The van der Waals surface area contributed by atoms with Crippen LogP contribution in [0.15, 0.2) is 0 Å². The van der Waals surface area contributed by atoms with E-state index in [1.54, 1.807) is 11.8 Å². The van der Waals surface area contributed by atoms with Crippen molar-refractivity contribution in [3.8, 4) is 0 Å². The van der Waals surface area contributed by atoms with Crippen molar-refractivity contribution in [1.29, 1.82) is 0 Å². The van der Waals surface area contributed by atoms with Crippen molar-refractivity contribution in [2.24, 2.45) is 0 Å². The molecule has 17 heavy (non-hydrogen) atoms. The normalized spacial score (nSPS) is 28.4. The third kappa shape index (κ3) is 4.17. The van der Waals surface area contributed by atoms with Crippen molar-refractivity contribution < 1.29 is 13.2 Å². The van der Waals surface area contributed by atoms with E-state index in [0.717, 1.165) is 0 Å². The first-order valence-corrected chi connectivity index (χ1v) is 9.03. The maximum atomic E-state index is 11.6. The molecule has 1 aliphatic carbocycles. The van der Waals surface area contributed by atoms with Crippen molar-refractivity contribution in [2.45, 2.75) is 43.4 Å². The third-order valence-electron chi connectivity index (χ3n) is 3.35. The van der Waals surface area contributed by atoms with Gasteiger partial charge in [-0.05, 0) is 19.3 Å². The van der Waals surface area contributed by atoms with Crippen molar-refractivity contribution in [3.05, 3.63) is 0 Å². The van der Waals surface area contributed by atoms with Crippen LogP contribution in [-0.4, -0.2) is 42.9 Å². The van der Waals surface area contributed by atoms with Crippen LogP contribution in [0.1, 0.15) is 32.1 Å². The minimum absolute atomic E-state index is 0.0102. The Morgan fingerprint density at radius 3 is 2.53 bits per heavy atom. The molecule has 0 bridgehead atoms. The first-order valence-electron chi connectivity index (χ1n) is 6.16. The molecule has 1 saturated heterocycles. The summed E-state index contributed by atoms with van der Waals surface area (Å²) >= 11 is 1.71. The molecule has 0 unspecified atom stereocenters. The summed E-state index contributed by atoms with van der Waals surface area (Å²) in [4.78, 5) is 11.6. The highest BCUT2D eigenvalue weighted by Gasteiger charge is 2.29. The lowest BCUT2D eigenvalue weighted by Crippen LogP contribution is -2.36. The summed E-state index contributed by atoms with van der Waals surface area (Å²) < 4.78 is 22.5. The zero-order chi connectivity index (χ0) is 12.3. The molecule has 0 spiro atoms. The van der Waals surface area contributed by atoms with Crippen LogP contribution < -0.4 is 5.32 Å². The molecule has 2 fully saturated rings. The van der Waals surface area contributed by atoms with Crippen molar-refractivity contribution in [1.82, 2.24) is 5.32 Å². The predicted octanol–water partition coefficient (Wildman–Crippen LogP) is 0.966. The van der Waals surface area contributed by atoms with Gasteiger partial charge in [0.15, 0.2) is 9.84 Å². The van der Waals surface area contributed by atoms with Crippen LogP contribution in [0.25, 0.3) is 0 Å². The second-order valence-corrected chi connectivity index (χ2v) is 8.40. The molecule has 2 rings (SSSR count). The largest absolute Gasteiger partial charge is 0.352 e. The van der Waals surface area contributed by atoms with Gasteiger partial charge in [-0.15, -0.1) is 11.8 Å². The van der Waals surface area contributed by atoms with Gasteiger partial charge in [-0.2, -0.15) is 0 Å². The van der Waals surface area contributed by atoms with Gasteiger partial charge in [-0.3, -0.25) is 4.79 Å². The molecule has 0 aromatic rings. The van der Waals surface area contributed by atoms with Gasteiger partial charge in [-0.25, -0.2) is 8.42 Å². The van der Waals surface area contributed by atoms with Gasteiger partial charge in [-0.1, -0.05) is 12.8 Å². The maximum absolute atomic E-state index is 11.6. The number of amides is 1. The molecule has 1 amide bonds. The lowest BCUT2D eigenvalue weighted by molar-refractivity contribution is -0.119. The van der Waals surface area contributed by atoms with Crippen molar-refractivity contribution in [2.75, 3.05) is 17.3 Å². The monoisotopic (exact) mass is 277 g/mol. The van der Waals surface area contributed by atoms with Gasteiger partial charge in [0, 0.05) is 11.3 Å². The summed E-state index contributed by atoms with van der Waals surface area (Å²) in [5.74, 6) is 0.797. The Kier molecular flexibility index (Phi) is 4.36. The molecule has 1 atom stereocenters. The topological polar surface area (TPSA) is 63.2 Å².